The molecule has 82 valence electrons. The monoisotopic (exact) mass is 202 g/mol. The van der Waals surface area contributed by atoms with Crippen LogP contribution < -0.4 is 5.73 Å². The van der Waals surface area contributed by atoms with Gasteiger partial charge >= 0.3 is 0 Å². The van der Waals surface area contributed by atoms with Crippen molar-refractivity contribution in [2.75, 3.05) is 40.0 Å². The molecule has 1 fully saturated rings. The lowest BCUT2D eigenvalue weighted by atomic mass is 10.2. The standard InChI is InChI=1S/C9H18N2O3/c1-13-4-2-3-11-8(5-10)6-14-7-9(11)12/h8H,2-7,10H2,1H3. The number of morpholine rings is 1. The van der Waals surface area contributed by atoms with E-state index in [0.717, 1.165) is 6.42 Å². The van der Waals surface area contributed by atoms with Crippen molar-refractivity contribution in [3.8, 4) is 0 Å². The van der Waals surface area contributed by atoms with Crippen LogP contribution in [0.2, 0.25) is 0 Å². The SMILES string of the molecule is COCCCN1C(=O)COCC1CN. The number of nitrogens with two attached hydrogens (primary N) is 1. The Morgan fingerprint density at radius 1 is 1.71 bits per heavy atom. The van der Waals surface area contributed by atoms with E-state index in [9.17, 15) is 4.79 Å². The summed E-state index contributed by atoms with van der Waals surface area (Å²) in [5.41, 5.74) is 5.55. The molecule has 0 aromatic carbocycles. The van der Waals surface area contributed by atoms with Crippen molar-refractivity contribution in [2.24, 2.45) is 5.73 Å². The zero-order chi connectivity index (χ0) is 10.4. The molecule has 1 saturated heterocycles. The lowest BCUT2D eigenvalue weighted by molar-refractivity contribution is -0.147. The van der Waals surface area contributed by atoms with E-state index in [1.165, 1.54) is 0 Å². The van der Waals surface area contributed by atoms with Crippen molar-refractivity contribution in [3.63, 3.8) is 0 Å². The van der Waals surface area contributed by atoms with E-state index in [1.54, 1.807) is 12.0 Å². The maximum atomic E-state index is 11.5. The maximum Gasteiger partial charge on any atom is 0.248 e. The summed E-state index contributed by atoms with van der Waals surface area (Å²) in [6.07, 6.45) is 0.846. The first-order chi connectivity index (χ1) is 6.79. The van der Waals surface area contributed by atoms with Gasteiger partial charge in [0.05, 0.1) is 12.6 Å². The Bertz CT molecular complexity index is 187. The molecule has 0 radical (unpaired) electrons. The molecule has 5 heteroatoms. The molecule has 1 aliphatic rings. The molecule has 5 nitrogen and oxygen atoms in total. The Morgan fingerprint density at radius 3 is 3.14 bits per heavy atom. The van der Waals surface area contributed by atoms with E-state index in [-0.39, 0.29) is 18.6 Å². The number of ether oxygens (including phenoxy) is 2. The van der Waals surface area contributed by atoms with Gasteiger partial charge in [-0.1, -0.05) is 0 Å². The first-order valence-electron chi connectivity index (χ1n) is 4.85. The lowest BCUT2D eigenvalue weighted by Gasteiger charge is -2.34. The highest BCUT2D eigenvalue weighted by atomic mass is 16.5. The molecule has 0 aliphatic carbocycles. The quantitative estimate of drug-likeness (QED) is 0.593. The first-order valence-corrected chi connectivity index (χ1v) is 4.85. The zero-order valence-electron chi connectivity index (χ0n) is 8.57. The molecule has 1 atom stereocenters. The molecule has 1 amide bonds. The fourth-order valence-electron chi connectivity index (χ4n) is 1.54. The number of nitrogens with zero attached hydrogens (tertiary/aromatic N) is 1. The average molecular weight is 202 g/mol. The normalized spacial score (nSPS) is 22.9. The number of methoxy groups -OCH3 is 1. The molecule has 0 aromatic rings. The highest BCUT2D eigenvalue weighted by molar-refractivity contribution is 5.78. The number of amides is 1. The third kappa shape index (κ3) is 2.94. The topological polar surface area (TPSA) is 64.8 Å². The van der Waals surface area contributed by atoms with Crippen LogP contribution in [-0.4, -0.2) is 56.9 Å². The van der Waals surface area contributed by atoms with E-state index >= 15 is 0 Å². The maximum absolute atomic E-state index is 11.5. The van der Waals surface area contributed by atoms with Gasteiger partial charge in [-0.15, -0.1) is 0 Å². The third-order valence-corrected chi connectivity index (χ3v) is 2.32. The summed E-state index contributed by atoms with van der Waals surface area (Å²) in [5.74, 6) is 0.0304. The Kier molecular flexibility index (Phi) is 4.86. The molecule has 2 N–H and O–H groups in total. The van der Waals surface area contributed by atoms with Gasteiger partial charge in [0.2, 0.25) is 5.91 Å². The van der Waals surface area contributed by atoms with Crippen LogP contribution >= 0.6 is 0 Å². The highest BCUT2D eigenvalue weighted by Gasteiger charge is 2.26. The number of hydrogen-bond donors (Lipinski definition) is 1. The predicted molar refractivity (Wildman–Crippen MR) is 51.9 cm³/mol. The van der Waals surface area contributed by atoms with E-state index < -0.39 is 0 Å². The van der Waals surface area contributed by atoms with Gasteiger partial charge in [-0.3, -0.25) is 4.79 Å². The molecule has 14 heavy (non-hydrogen) atoms. The van der Waals surface area contributed by atoms with Crippen LogP contribution in [0.15, 0.2) is 0 Å². The Labute approximate surface area is 84.1 Å². The fourth-order valence-corrected chi connectivity index (χ4v) is 1.54. The average Bonchev–Trinajstić information content (AvgIpc) is 2.20. The molecule has 0 aromatic heterocycles. The van der Waals surface area contributed by atoms with E-state index in [0.29, 0.717) is 26.3 Å². The van der Waals surface area contributed by atoms with E-state index in [4.69, 9.17) is 15.2 Å². The zero-order valence-corrected chi connectivity index (χ0v) is 8.57. The third-order valence-electron chi connectivity index (χ3n) is 2.32. The van der Waals surface area contributed by atoms with Gasteiger partial charge in [0.15, 0.2) is 0 Å². The summed E-state index contributed by atoms with van der Waals surface area (Å²) in [5, 5.41) is 0. The second-order valence-electron chi connectivity index (χ2n) is 3.34. The van der Waals surface area contributed by atoms with Crippen molar-refractivity contribution < 1.29 is 14.3 Å². The lowest BCUT2D eigenvalue weighted by Crippen LogP contribution is -2.53. The summed E-state index contributed by atoms with van der Waals surface area (Å²) < 4.78 is 10.1. The van der Waals surface area contributed by atoms with Crippen LogP contribution in [0, 0.1) is 0 Å². The van der Waals surface area contributed by atoms with Crippen LogP contribution in [0.3, 0.4) is 0 Å². The van der Waals surface area contributed by atoms with Crippen LogP contribution in [0.1, 0.15) is 6.42 Å². The molecule has 1 heterocycles. The number of carbonyl (C=O) groups is 1. The first kappa shape index (κ1) is 11.4. The smallest absolute Gasteiger partial charge is 0.248 e. The Balaban J connectivity index is 2.38. The largest absolute Gasteiger partial charge is 0.385 e. The summed E-state index contributed by atoms with van der Waals surface area (Å²) in [6, 6.07) is 0.0353. The van der Waals surface area contributed by atoms with Gasteiger partial charge in [0.1, 0.15) is 6.61 Å². The fraction of sp³-hybridized carbons (Fsp3) is 0.889. The molecule has 1 unspecified atom stereocenters. The molecule has 0 spiro atoms. The summed E-state index contributed by atoms with van der Waals surface area (Å²) in [7, 11) is 1.65. The number of hydrogen-bond acceptors (Lipinski definition) is 4. The molecule has 0 bridgehead atoms. The summed E-state index contributed by atoms with van der Waals surface area (Å²) in [4.78, 5) is 13.3. The second kappa shape index (κ2) is 5.95. The van der Waals surface area contributed by atoms with Crippen LogP contribution in [-0.2, 0) is 14.3 Å². The summed E-state index contributed by atoms with van der Waals surface area (Å²) >= 11 is 0. The van der Waals surface area contributed by atoms with Crippen molar-refractivity contribution >= 4 is 5.91 Å². The molecular formula is C9H18N2O3. The second-order valence-corrected chi connectivity index (χ2v) is 3.34. The van der Waals surface area contributed by atoms with Gasteiger partial charge in [0, 0.05) is 26.8 Å². The summed E-state index contributed by atoms with van der Waals surface area (Å²) in [6.45, 7) is 2.57. The minimum absolute atomic E-state index is 0.0304. The minimum atomic E-state index is 0.0304. The van der Waals surface area contributed by atoms with Gasteiger partial charge in [-0.05, 0) is 6.42 Å². The van der Waals surface area contributed by atoms with Crippen LogP contribution in [0.4, 0.5) is 0 Å². The Morgan fingerprint density at radius 2 is 2.50 bits per heavy atom. The minimum Gasteiger partial charge on any atom is -0.385 e. The van der Waals surface area contributed by atoms with Gasteiger partial charge in [-0.25, -0.2) is 0 Å². The van der Waals surface area contributed by atoms with Crippen molar-refractivity contribution in [3.05, 3.63) is 0 Å². The molecular weight excluding hydrogens is 184 g/mol. The van der Waals surface area contributed by atoms with Crippen molar-refractivity contribution in [1.29, 1.82) is 0 Å². The Hall–Kier alpha value is -0.650. The van der Waals surface area contributed by atoms with Crippen LogP contribution in [0.5, 0.6) is 0 Å². The molecule has 1 aliphatic heterocycles. The highest BCUT2D eigenvalue weighted by Crippen LogP contribution is 2.07. The van der Waals surface area contributed by atoms with Crippen LogP contribution in [0.25, 0.3) is 0 Å². The molecule has 0 saturated carbocycles. The van der Waals surface area contributed by atoms with Crippen molar-refractivity contribution in [2.45, 2.75) is 12.5 Å². The molecule has 1 rings (SSSR count). The number of rotatable bonds is 5. The van der Waals surface area contributed by atoms with Crippen molar-refractivity contribution in [1.82, 2.24) is 4.90 Å². The van der Waals surface area contributed by atoms with Gasteiger partial charge in [0.25, 0.3) is 0 Å². The van der Waals surface area contributed by atoms with E-state index in [1.807, 2.05) is 0 Å². The van der Waals surface area contributed by atoms with Gasteiger partial charge < -0.3 is 20.1 Å². The van der Waals surface area contributed by atoms with E-state index in [2.05, 4.69) is 0 Å². The number of carbonyl (C=O) groups excluding carboxylic acids is 1. The predicted octanol–water partition coefficient (Wildman–Crippen LogP) is -0.791. The van der Waals surface area contributed by atoms with Gasteiger partial charge in [-0.2, -0.15) is 0 Å².